The molecular formula is C15H19NO2. The first kappa shape index (κ1) is 11.8. The van der Waals surface area contributed by atoms with Gasteiger partial charge in [0.05, 0.1) is 5.60 Å². The highest BCUT2D eigenvalue weighted by Gasteiger charge is 2.41. The lowest BCUT2D eigenvalue weighted by molar-refractivity contribution is -0.0866. The minimum absolute atomic E-state index is 0.0147. The highest BCUT2D eigenvalue weighted by Crippen LogP contribution is 2.42. The summed E-state index contributed by atoms with van der Waals surface area (Å²) in [5.74, 6) is 0.374. The third kappa shape index (κ3) is 2.19. The van der Waals surface area contributed by atoms with Gasteiger partial charge in [0, 0.05) is 30.5 Å². The van der Waals surface area contributed by atoms with Gasteiger partial charge in [0.1, 0.15) is 0 Å². The van der Waals surface area contributed by atoms with Crippen molar-refractivity contribution in [1.82, 2.24) is 4.98 Å². The first-order valence-corrected chi connectivity index (χ1v) is 6.87. The predicted molar refractivity (Wildman–Crippen MR) is 68.4 cm³/mol. The Bertz CT molecular complexity index is 423. The number of carbonyl (C=O) groups excluding carboxylic acids is 1. The van der Waals surface area contributed by atoms with Crippen LogP contribution in [0.4, 0.5) is 0 Å². The summed E-state index contributed by atoms with van der Waals surface area (Å²) in [6.07, 6.45) is 9.89. The Kier molecular flexibility index (Phi) is 3.16. The average Bonchev–Trinajstić information content (AvgIpc) is 2.87. The third-order valence-electron chi connectivity index (χ3n) is 4.32. The summed E-state index contributed by atoms with van der Waals surface area (Å²) in [5, 5.41) is 0. The van der Waals surface area contributed by atoms with Crippen LogP contribution >= 0.6 is 0 Å². The Labute approximate surface area is 108 Å². The van der Waals surface area contributed by atoms with Crippen LogP contribution in [0.3, 0.4) is 0 Å². The second kappa shape index (κ2) is 4.81. The van der Waals surface area contributed by atoms with Gasteiger partial charge in [-0.05, 0) is 37.8 Å². The van der Waals surface area contributed by atoms with Gasteiger partial charge in [-0.1, -0.05) is 12.8 Å². The lowest BCUT2D eigenvalue weighted by atomic mass is 9.81. The second-order valence-corrected chi connectivity index (χ2v) is 5.53. The van der Waals surface area contributed by atoms with E-state index in [0.29, 0.717) is 0 Å². The highest BCUT2D eigenvalue weighted by atomic mass is 16.5. The molecule has 0 aromatic carbocycles. The Balaban J connectivity index is 1.74. The molecule has 2 fully saturated rings. The van der Waals surface area contributed by atoms with Gasteiger partial charge in [-0.2, -0.15) is 0 Å². The molecule has 1 unspecified atom stereocenters. The largest absolute Gasteiger partial charge is 0.375 e. The topological polar surface area (TPSA) is 39.2 Å². The standard InChI is InChI=1S/C15H19NO2/c17-14(13-4-3-8-16-11-13)12-5-9-18-15(10-12)6-1-2-7-15/h3-4,8,11-12H,1-2,5-7,9-10H2. The van der Waals surface area contributed by atoms with Crippen LogP contribution in [-0.4, -0.2) is 23.0 Å². The lowest BCUT2D eigenvalue weighted by Gasteiger charge is -2.37. The van der Waals surface area contributed by atoms with Crippen molar-refractivity contribution >= 4 is 5.78 Å². The van der Waals surface area contributed by atoms with Gasteiger partial charge in [-0.3, -0.25) is 9.78 Å². The van der Waals surface area contributed by atoms with Gasteiger partial charge in [0.15, 0.2) is 5.78 Å². The molecule has 1 saturated carbocycles. The van der Waals surface area contributed by atoms with Gasteiger partial charge in [0.25, 0.3) is 0 Å². The van der Waals surface area contributed by atoms with E-state index < -0.39 is 0 Å². The molecule has 0 N–H and O–H groups in total. The molecule has 1 saturated heterocycles. The summed E-state index contributed by atoms with van der Waals surface area (Å²) in [5.41, 5.74) is 0.762. The average molecular weight is 245 g/mol. The number of hydrogen-bond acceptors (Lipinski definition) is 3. The number of ketones is 1. The minimum Gasteiger partial charge on any atom is -0.375 e. The SMILES string of the molecule is O=C(c1cccnc1)C1CCOC2(CCCC2)C1. The molecule has 2 heterocycles. The van der Waals surface area contributed by atoms with Crippen molar-refractivity contribution in [2.45, 2.75) is 44.1 Å². The third-order valence-corrected chi connectivity index (χ3v) is 4.32. The molecule has 1 spiro atoms. The molecule has 2 aliphatic rings. The van der Waals surface area contributed by atoms with Gasteiger partial charge >= 0.3 is 0 Å². The van der Waals surface area contributed by atoms with Crippen molar-refractivity contribution in [2.75, 3.05) is 6.61 Å². The maximum absolute atomic E-state index is 12.4. The summed E-state index contributed by atoms with van der Waals surface area (Å²) in [6.45, 7) is 0.733. The van der Waals surface area contributed by atoms with Crippen molar-refractivity contribution in [3.63, 3.8) is 0 Å². The molecule has 96 valence electrons. The van der Waals surface area contributed by atoms with Crippen LogP contribution < -0.4 is 0 Å². The van der Waals surface area contributed by atoms with Gasteiger partial charge in [-0.15, -0.1) is 0 Å². The van der Waals surface area contributed by atoms with E-state index in [9.17, 15) is 4.79 Å². The Morgan fingerprint density at radius 2 is 2.22 bits per heavy atom. The molecule has 1 aliphatic heterocycles. The highest BCUT2D eigenvalue weighted by molar-refractivity contribution is 5.97. The molecule has 0 amide bonds. The normalized spacial score (nSPS) is 26.3. The number of Topliss-reactive ketones (excluding diaryl/α,β-unsaturated/α-hetero) is 1. The van der Waals surface area contributed by atoms with Crippen LogP contribution in [0.25, 0.3) is 0 Å². The lowest BCUT2D eigenvalue weighted by Crippen LogP contribution is -2.39. The van der Waals surface area contributed by atoms with Crippen LogP contribution in [0.1, 0.15) is 48.9 Å². The van der Waals surface area contributed by atoms with Crippen LogP contribution in [0, 0.1) is 5.92 Å². The maximum Gasteiger partial charge on any atom is 0.167 e. The molecule has 3 heteroatoms. The number of ether oxygens (including phenoxy) is 1. The summed E-state index contributed by atoms with van der Waals surface area (Å²) in [4.78, 5) is 16.5. The zero-order chi connectivity index (χ0) is 12.4. The van der Waals surface area contributed by atoms with E-state index in [1.807, 2.05) is 12.1 Å². The Morgan fingerprint density at radius 3 is 2.94 bits per heavy atom. The van der Waals surface area contributed by atoms with Crippen LogP contribution in [0.15, 0.2) is 24.5 Å². The molecule has 0 radical (unpaired) electrons. The summed E-state index contributed by atoms with van der Waals surface area (Å²) in [7, 11) is 0. The van der Waals surface area contributed by atoms with E-state index in [-0.39, 0.29) is 17.3 Å². The number of nitrogens with zero attached hydrogens (tertiary/aromatic N) is 1. The molecule has 1 aromatic heterocycles. The van der Waals surface area contributed by atoms with E-state index in [4.69, 9.17) is 4.74 Å². The Morgan fingerprint density at radius 1 is 1.39 bits per heavy atom. The number of rotatable bonds is 2. The molecule has 1 atom stereocenters. The summed E-state index contributed by atoms with van der Waals surface area (Å²) < 4.78 is 5.97. The maximum atomic E-state index is 12.4. The molecule has 1 aliphatic carbocycles. The molecule has 1 aromatic rings. The number of pyridine rings is 1. The van der Waals surface area contributed by atoms with Crippen LogP contribution in [-0.2, 0) is 4.74 Å². The quantitative estimate of drug-likeness (QED) is 0.752. The van der Waals surface area contributed by atoms with E-state index in [1.165, 1.54) is 12.8 Å². The first-order chi connectivity index (χ1) is 8.79. The molecular weight excluding hydrogens is 226 g/mol. The minimum atomic E-state index is 0.0147. The van der Waals surface area contributed by atoms with Crippen LogP contribution in [0.2, 0.25) is 0 Å². The zero-order valence-corrected chi connectivity index (χ0v) is 10.6. The van der Waals surface area contributed by atoms with E-state index in [0.717, 1.165) is 37.9 Å². The molecule has 0 bridgehead atoms. The number of hydrogen-bond donors (Lipinski definition) is 0. The van der Waals surface area contributed by atoms with Crippen molar-refractivity contribution in [3.05, 3.63) is 30.1 Å². The monoisotopic (exact) mass is 245 g/mol. The van der Waals surface area contributed by atoms with Crippen LogP contribution in [0.5, 0.6) is 0 Å². The Hall–Kier alpha value is -1.22. The predicted octanol–water partition coefficient (Wildman–Crippen LogP) is 3.00. The molecule has 3 rings (SSSR count). The van der Waals surface area contributed by atoms with Gasteiger partial charge < -0.3 is 4.74 Å². The van der Waals surface area contributed by atoms with Crippen molar-refractivity contribution < 1.29 is 9.53 Å². The molecule has 18 heavy (non-hydrogen) atoms. The van der Waals surface area contributed by atoms with E-state index in [2.05, 4.69) is 4.98 Å². The van der Waals surface area contributed by atoms with E-state index >= 15 is 0 Å². The van der Waals surface area contributed by atoms with Crippen molar-refractivity contribution in [2.24, 2.45) is 5.92 Å². The van der Waals surface area contributed by atoms with Crippen molar-refractivity contribution in [1.29, 1.82) is 0 Å². The second-order valence-electron chi connectivity index (χ2n) is 5.53. The smallest absolute Gasteiger partial charge is 0.167 e. The van der Waals surface area contributed by atoms with Gasteiger partial charge in [0.2, 0.25) is 0 Å². The van der Waals surface area contributed by atoms with E-state index in [1.54, 1.807) is 12.4 Å². The number of aromatic nitrogens is 1. The zero-order valence-electron chi connectivity index (χ0n) is 10.6. The summed E-state index contributed by atoms with van der Waals surface area (Å²) in [6, 6.07) is 3.70. The fourth-order valence-corrected chi connectivity index (χ4v) is 3.36. The number of carbonyl (C=O) groups is 1. The van der Waals surface area contributed by atoms with Crippen molar-refractivity contribution in [3.8, 4) is 0 Å². The fraction of sp³-hybridized carbons (Fsp3) is 0.600. The first-order valence-electron chi connectivity index (χ1n) is 6.87. The summed E-state index contributed by atoms with van der Waals surface area (Å²) >= 11 is 0. The fourth-order valence-electron chi connectivity index (χ4n) is 3.36. The van der Waals surface area contributed by atoms with Gasteiger partial charge in [-0.25, -0.2) is 0 Å². The molecule has 3 nitrogen and oxygen atoms in total.